The van der Waals surface area contributed by atoms with Gasteiger partial charge >= 0.3 is 27.4 Å². The van der Waals surface area contributed by atoms with Crippen LogP contribution in [0.3, 0.4) is 0 Å². The second-order valence-electron chi connectivity index (χ2n) is 39.8. The number of hydrogen-bond acceptors (Lipinski definition) is 18. The predicted molar refractivity (Wildman–Crippen MR) is 503 cm³/mol. The number of amidine groups is 4. The molecule has 1 aromatic rings. The first-order valence-electron chi connectivity index (χ1n) is 47.7. The van der Waals surface area contributed by atoms with Crippen LogP contribution in [0.15, 0.2) is 73.6 Å². The van der Waals surface area contributed by atoms with Crippen LogP contribution in [0.25, 0.3) is 0 Å². The van der Waals surface area contributed by atoms with Gasteiger partial charge in [0.05, 0.1) is 114 Å². The predicted octanol–water partition coefficient (Wildman–Crippen LogP) is 21.0. The Labute approximate surface area is 742 Å². The van der Waals surface area contributed by atoms with Gasteiger partial charge in [-0.2, -0.15) is 0 Å². The van der Waals surface area contributed by atoms with Gasteiger partial charge in [-0.3, -0.25) is 39.9 Å². The summed E-state index contributed by atoms with van der Waals surface area (Å²) < 4.78 is 73.3. The fourth-order valence-corrected chi connectivity index (χ4v) is 27.1. The molecular formula is C97H168N12O12P2. The zero-order chi connectivity index (χ0) is 88.1. The van der Waals surface area contributed by atoms with E-state index in [0.717, 1.165) is 128 Å². The molecule has 1 aromatic carbocycles. The molecule has 11 N–H and O–H groups in total. The zero-order valence-corrected chi connectivity index (χ0v) is 79.1. The van der Waals surface area contributed by atoms with Crippen molar-refractivity contribution < 1.29 is 55.8 Å². The molecular weight excluding hydrogens is 1590 g/mol. The molecule has 6 saturated carbocycles. The van der Waals surface area contributed by atoms with E-state index < -0.39 is 21.3 Å². The van der Waals surface area contributed by atoms with E-state index in [2.05, 4.69) is 119 Å². The molecule has 698 valence electrons. The third-order valence-corrected chi connectivity index (χ3v) is 34.2. The summed E-state index contributed by atoms with van der Waals surface area (Å²) in [5.41, 5.74) is 27.6. The van der Waals surface area contributed by atoms with Crippen molar-refractivity contribution in [3.05, 3.63) is 59.2 Å². The number of carbonyl (C=O) groups excluding carboxylic acids is 2. The van der Waals surface area contributed by atoms with E-state index in [9.17, 15) is 18.7 Å². The standard InChI is InChI=1S/C50H83N6O6P.C46H81N6O6P.CH4/c1-36(2)13-10-14-37(3)44-20-21-45-43-19-18-40-34-42(22-24-49(40,5)46(43)23-25-50(44,45)6)62-48(57)56-41(33-39-15-8-7-9-16-39)35-54-26-30-59-28-12-32-63(58,60-29-11-17-47(52)53)61-31-27-55-38(4)51;1-33(2)11-7-12-34(3)40-17-18-41-39-16-15-36-31-38(19-21-45(36,5)42(39)20-22-46(40,41)6)58-44(53)52-25-8-13-37(52)32-50-23-28-55-26-10-30-59(54,56-27-9-14-43(48)49)57-29-24-51-35(4)47;/h7-9,15-16,18,35-37,41-46H,10-14,17,19-34H2,1-6H3,(H2,51,55)(H3,52,53)(H,56,57);15,32-34,37-42H,7-14,16-31H2,1-6H3,(H2,47,51)(H3,48,49);1H4. The van der Waals surface area contributed by atoms with Crippen LogP contribution in [0.2, 0.25) is 0 Å². The number of aliphatic imine (C=N–C) groups is 4. The fourth-order valence-electron chi connectivity index (χ4n) is 23.9. The molecule has 1 heterocycles. The first kappa shape index (κ1) is 103. The van der Waals surface area contributed by atoms with Gasteiger partial charge in [0.25, 0.3) is 0 Å². The average Bonchev–Trinajstić information content (AvgIpc) is 1.67. The first-order chi connectivity index (χ1) is 58.3. The number of benzene rings is 1. The van der Waals surface area contributed by atoms with Crippen molar-refractivity contribution in [3.8, 4) is 0 Å². The second-order valence-corrected chi connectivity index (χ2v) is 44.2. The zero-order valence-electron chi connectivity index (χ0n) is 77.3. The second kappa shape index (κ2) is 50.0. The van der Waals surface area contributed by atoms with E-state index >= 15 is 0 Å². The fraction of sp³-hybridized carbons (Fsp3) is 0.814. The number of nitrogens with two attached hydrogens (primary N) is 4. The van der Waals surface area contributed by atoms with Crippen LogP contribution in [0.5, 0.6) is 0 Å². The lowest BCUT2D eigenvalue weighted by atomic mass is 9.47. The minimum Gasteiger partial charge on any atom is -0.446 e. The topological polar surface area (TPSA) is 359 Å². The van der Waals surface area contributed by atoms with Crippen LogP contribution in [-0.4, -0.2) is 175 Å². The lowest BCUT2D eigenvalue weighted by Gasteiger charge is -2.58. The van der Waals surface area contributed by atoms with Gasteiger partial charge in [-0.1, -0.05) is 169 Å². The number of likely N-dealkylation sites (tertiary alicyclic amines) is 1. The largest absolute Gasteiger partial charge is 0.446 e. The van der Waals surface area contributed by atoms with E-state index in [1.807, 2.05) is 29.3 Å². The Morgan fingerprint density at radius 2 is 1.02 bits per heavy atom. The van der Waals surface area contributed by atoms with E-state index in [4.69, 9.17) is 70.8 Å². The van der Waals surface area contributed by atoms with Gasteiger partial charge < -0.3 is 70.2 Å². The summed E-state index contributed by atoms with van der Waals surface area (Å²) in [6.45, 7) is 32.7. The lowest BCUT2D eigenvalue weighted by Crippen LogP contribution is -2.51. The molecule has 20 atom stereocenters. The van der Waals surface area contributed by atoms with E-state index in [1.165, 1.54) is 108 Å². The molecule has 1 saturated heterocycles. The number of alkyl carbamates (subject to hydrolysis) is 1. The molecule has 2 amide bonds. The van der Waals surface area contributed by atoms with Crippen LogP contribution in [0.1, 0.15) is 289 Å². The maximum Gasteiger partial charge on any atom is 0.410 e. The third kappa shape index (κ3) is 30.4. The number of fused-ring (bicyclic) bond motifs is 10. The molecule has 8 aliphatic carbocycles. The van der Waals surface area contributed by atoms with Gasteiger partial charge in [-0.25, -0.2) is 9.59 Å². The molecule has 1 aliphatic heterocycles. The summed E-state index contributed by atoms with van der Waals surface area (Å²) in [7, 11) is -6.75. The SMILES string of the molecule is C.CC(N)=NCCOP(=O)(CCCOCCN=CC(Cc1ccccc1)NC(=O)OC1CCC2(C)C(=CCC3C2CCC2(C)C(C(C)CCCC(C)C)CCC32)C1)OCCCC(=N)N.CC(N)=NCCOP(=O)(CCCOCCN=CC1CCCN1C(=O)OC1CCC2(C)C(=CCC3C2CCC2(C)C(C(C)CCCC(C)C)CCC32)C1)OCCCC(=N)N. The molecule has 20 unspecified atom stereocenters. The molecule has 123 heavy (non-hydrogen) atoms. The Morgan fingerprint density at radius 3 is 1.50 bits per heavy atom. The molecule has 10 rings (SSSR count). The molecule has 9 aliphatic rings. The molecule has 0 radical (unpaired) electrons. The van der Waals surface area contributed by atoms with Crippen LogP contribution in [0.4, 0.5) is 9.59 Å². The van der Waals surface area contributed by atoms with Gasteiger partial charge in [0.1, 0.15) is 12.2 Å². The van der Waals surface area contributed by atoms with E-state index in [1.54, 1.807) is 25.6 Å². The molecule has 0 aromatic heterocycles. The smallest absolute Gasteiger partial charge is 0.410 e. The highest BCUT2D eigenvalue weighted by Crippen LogP contribution is 2.70. The Kier molecular flexibility index (Phi) is 41.9. The minimum absolute atomic E-state index is 0. The van der Waals surface area contributed by atoms with Crippen molar-refractivity contribution in [3.63, 3.8) is 0 Å². The highest BCUT2D eigenvalue weighted by Gasteiger charge is 2.61. The molecule has 0 spiro atoms. The van der Waals surface area contributed by atoms with Crippen LogP contribution >= 0.6 is 15.2 Å². The highest BCUT2D eigenvalue weighted by atomic mass is 31.2. The van der Waals surface area contributed by atoms with Crippen molar-refractivity contribution in [2.75, 3.05) is 97.9 Å². The summed E-state index contributed by atoms with van der Waals surface area (Å²) in [6, 6.07) is 9.69. The van der Waals surface area contributed by atoms with Gasteiger partial charge in [0, 0.05) is 57.9 Å². The monoisotopic (exact) mass is 1760 g/mol. The molecule has 0 bridgehead atoms. The van der Waals surface area contributed by atoms with Gasteiger partial charge in [-0.05, 0) is 247 Å². The number of rotatable bonds is 49. The van der Waals surface area contributed by atoms with E-state index in [0.29, 0.717) is 120 Å². The van der Waals surface area contributed by atoms with Crippen molar-refractivity contribution in [2.24, 2.45) is 136 Å². The number of hydrogen-bond donors (Lipinski definition) is 7. The first-order valence-corrected chi connectivity index (χ1v) is 51.2. The van der Waals surface area contributed by atoms with Gasteiger partial charge in [0.15, 0.2) is 0 Å². The number of nitrogens with zero attached hydrogens (tertiary/aromatic N) is 5. The number of allylic oxidation sites excluding steroid dienone is 2. The molecule has 24 nitrogen and oxygen atoms in total. The number of amides is 2. The Bertz CT molecular complexity index is 3720. The van der Waals surface area contributed by atoms with E-state index in [-0.39, 0.29) is 106 Å². The van der Waals surface area contributed by atoms with Crippen molar-refractivity contribution in [2.45, 2.75) is 314 Å². The van der Waals surface area contributed by atoms with Gasteiger partial charge in [-0.15, -0.1) is 0 Å². The Hall–Kier alpha value is -5.32. The number of carbonyl (C=O) groups is 2. The summed E-state index contributed by atoms with van der Waals surface area (Å²) in [5.74, 6) is 10.7. The quantitative estimate of drug-likeness (QED) is 0.0105. The van der Waals surface area contributed by atoms with Crippen LogP contribution < -0.4 is 28.3 Å². The summed E-state index contributed by atoms with van der Waals surface area (Å²) >= 11 is 0. The van der Waals surface area contributed by atoms with Crippen LogP contribution in [-0.2, 0) is 52.6 Å². The average molecular weight is 1760 g/mol. The minimum atomic E-state index is -3.39. The highest BCUT2D eigenvalue weighted by molar-refractivity contribution is 7.54. The van der Waals surface area contributed by atoms with Crippen molar-refractivity contribution in [1.82, 2.24) is 10.2 Å². The Morgan fingerprint density at radius 1 is 0.553 bits per heavy atom. The van der Waals surface area contributed by atoms with Crippen molar-refractivity contribution in [1.29, 1.82) is 10.8 Å². The van der Waals surface area contributed by atoms with Gasteiger partial charge in [0.2, 0.25) is 0 Å². The lowest BCUT2D eigenvalue weighted by molar-refractivity contribution is -0.0592. The number of ether oxygens (including phenoxy) is 4. The summed E-state index contributed by atoms with van der Waals surface area (Å²) in [5, 5.41) is 17.9. The number of nitrogens with one attached hydrogen (secondary N) is 3. The normalized spacial score (nSPS) is 30.4. The third-order valence-electron chi connectivity index (χ3n) is 30.2. The molecule has 7 fully saturated rings. The molecule has 26 heteroatoms. The summed E-state index contributed by atoms with van der Waals surface area (Å²) in [6.07, 6.45) is 41.0. The van der Waals surface area contributed by atoms with Crippen LogP contribution in [0, 0.1) is 103 Å². The van der Waals surface area contributed by atoms with Crippen molar-refractivity contribution >= 4 is 63.1 Å². The summed E-state index contributed by atoms with van der Waals surface area (Å²) in [4.78, 5) is 46.4. The maximum absolute atomic E-state index is 13.6. The Balaban J connectivity index is 0.000000303. The maximum atomic E-state index is 13.6.